The molecule has 0 bridgehead atoms. The van der Waals surface area contributed by atoms with Crippen molar-refractivity contribution < 1.29 is 9.21 Å². The van der Waals surface area contributed by atoms with Crippen LogP contribution in [0.2, 0.25) is 0 Å². The number of nitrogens with one attached hydrogen (secondary N) is 1. The molecule has 1 heterocycles. The number of rotatable bonds is 4. The van der Waals surface area contributed by atoms with Gasteiger partial charge in [0, 0.05) is 5.71 Å². The largest absolute Gasteiger partial charge is 0.466 e. The Hall–Kier alpha value is -1.58. The summed E-state index contributed by atoms with van der Waals surface area (Å²) >= 11 is 0. The second kappa shape index (κ2) is 5.49. The number of carbonyl (C=O) groups is 1. The Morgan fingerprint density at radius 3 is 2.44 bits per heavy atom. The zero-order valence-corrected chi connectivity index (χ0v) is 10.3. The highest BCUT2D eigenvalue weighted by Gasteiger charge is 2.12. The van der Waals surface area contributed by atoms with E-state index >= 15 is 0 Å². The molecule has 0 saturated carbocycles. The number of amides is 1. The van der Waals surface area contributed by atoms with Gasteiger partial charge in [0.15, 0.2) is 0 Å². The molecule has 0 aliphatic heterocycles. The van der Waals surface area contributed by atoms with Crippen LogP contribution in [0.25, 0.3) is 0 Å². The van der Waals surface area contributed by atoms with E-state index in [1.807, 2.05) is 20.8 Å². The van der Waals surface area contributed by atoms with Gasteiger partial charge in [0.25, 0.3) is 5.91 Å². The second-order valence-corrected chi connectivity index (χ2v) is 3.65. The lowest BCUT2D eigenvalue weighted by atomic mass is 10.2. The number of hydrogen-bond donors (Lipinski definition) is 1. The Kier molecular flexibility index (Phi) is 4.28. The van der Waals surface area contributed by atoms with Gasteiger partial charge in [0.1, 0.15) is 11.5 Å². The molecule has 88 valence electrons. The van der Waals surface area contributed by atoms with Crippen molar-refractivity contribution in [3.8, 4) is 0 Å². The van der Waals surface area contributed by atoms with E-state index in [1.54, 1.807) is 13.0 Å². The molecule has 0 spiro atoms. The predicted octanol–water partition coefficient (Wildman–Crippen LogP) is 2.80. The standard InChI is InChI=1S/C12H18N2O2/c1-5-10(6-2)13-14-12(15)11-7-8(3)16-9(11)4/h7H,5-6H2,1-4H3,(H,14,15). The van der Waals surface area contributed by atoms with Gasteiger partial charge in [-0.25, -0.2) is 5.43 Å². The molecule has 0 atom stereocenters. The molecule has 0 aliphatic rings. The van der Waals surface area contributed by atoms with Gasteiger partial charge < -0.3 is 4.42 Å². The average molecular weight is 222 g/mol. The van der Waals surface area contributed by atoms with Crippen LogP contribution in [0.1, 0.15) is 48.6 Å². The van der Waals surface area contributed by atoms with Crippen LogP contribution in [0, 0.1) is 13.8 Å². The van der Waals surface area contributed by atoms with Crippen molar-refractivity contribution in [2.75, 3.05) is 0 Å². The summed E-state index contributed by atoms with van der Waals surface area (Å²) < 4.78 is 5.29. The fourth-order valence-electron chi connectivity index (χ4n) is 1.45. The Labute approximate surface area is 95.7 Å². The molecule has 16 heavy (non-hydrogen) atoms. The molecule has 0 unspecified atom stereocenters. The summed E-state index contributed by atoms with van der Waals surface area (Å²) in [6.45, 7) is 7.62. The molecule has 0 fully saturated rings. The van der Waals surface area contributed by atoms with Crippen molar-refractivity contribution in [2.45, 2.75) is 40.5 Å². The number of carbonyl (C=O) groups excluding carboxylic acids is 1. The van der Waals surface area contributed by atoms with Crippen LogP contribution in [0.4, 0.5) is 0 Å². The summed E-state index contributed by atoms with van der Waals surface area (Å²) in [4.78, 5) is 11.7. The molecule has 4 nitrogen and oxygen atoms in total. The lowest BCUT2D eigenvalue weighted by molar-refractivity contribution is 0.0953. The molecular formula is C12H18N2O2. The SMILES string of the molecule is CCC(CC)=NNC(=O)c1cc(C)oc1C. The zero-order chi connectivity index (χ0) is 12.1. The Balaban J connectivity index is 2.73. The van der Waals surface area contributed by atoms with E-state index in [0.717, 1.165) is 24.3 Å². The first-order valence-corrected chi connectivity index (χ1v) is 5.51. The van der Waals surface area contributed by atoms with Gasteiger partial charge in [-0.05, 0) is 32.8 Å². The number of hydrazone groups is 1. The predicted molar refractivity (Wildman–Crippen MR) is 63.7 cm³/mol. The Morgan fingerprint density at radius 1 is 1.38 bits per heavy atom. The summed E-state index contributed by atoms with van der Waals surface area (Å²) in [6, 6.07) is 1.72. The van der Waals surface area contributed by atoms with Crippen LogP contribution in [0.3, 0.4) is 0 Å². The minimum absolute atomic E-state index is 0.214. The highest BCUT2D eigenvalue weighted by atomic mass is 16.3. The molecule has 1 N–H and O–H groups in total. The number of nitrogens with zero attached hydrogens (tertiary/aromatic N) is 1. The molecule has 1 rings (SSSR count). The van der Waals surface area contributed by atoms with Gasteiger partial charge in [0.05, 0.1) is 5.56 Å². The summed E-state index contributed by atoms with van der Waals surface area (Å²) in [7, 11) is 0. The lowest BCUT2D eigenvalue weighted by Crippen LogP contribution is -2.19. The second-order valence-electron chi connectivity index (χ2n) is 3.65. The van der Waals surface area contributed by atoms with E-state index in [9.17, 15) is 4.79 Å². The highest BCUT2D eigenvalue weighted by Crippen LogP contribution is 2.13. The van der Waals surface area contributed by atoms with Gasteiger partial charge >= 0.3 is 0 Å². The van der Waals surface area contributed by atoms with Gasteiger partial charge in [-0.15, -0.1) is 0 Å². The van der Waals surface area contributed by atoms with Crippen LogP contribution in [0.5, 0.6) is 0 Å². The van der Waals surface area contributed by atoms with Crippen LogP contribution in [0.15, 0.2) is 15.6 Å². The summed E-state index contributed by atoms with van der Waals surface area (Å²) in [6.07, 6.45) is 1.69. The molecule has 4 heteroatoms. The highest BCUT2D eigenvalue weighted by molar-refractivity contribution is 5.96. The molecular weight excluding hydrogens is 204 g/mol. The molecule has 1 amide bonds. The van der Waals surface area contributed by atoms with Gasteiger partial charge in [-0.2, -0.15) is 5.10 Å². The fourth-order valence-corrected chi connectivity index (χ4v) is 1.45. The fraction of sp³-hybridized carbons (Fsp3) is 0.500. The van der Waals surface area contributed by atoms with Gasteiger partial charge in [0.2, 0.25) is 0 Å². The Morgan fingerprint density at radius 2 is 2.00 bits per heavy atom. The van der Waals surface area contributed by atoms with Crippen LogP contribution in [-0.2, 0) is 0 Å². The van der Waals surface area contributed by atoms with E-state index in [2.05, 4.69) is 10.5 Å². The summed E-state index contributed by atoms with van der Waals surface area (Å²) in [5.74, 6) is 1.14. The molecule has 1 aromatic rings. The van der Waals surface area contributed by atoms with E-state index < -0.39 is 0 Å². The third kappa shape index (κ3) is 2.95. The van der Waals surface area contributed by atoms with Crippen LogP contribution >= 0.6 is 0 Å². The average Bonchev–Trinajstić information content (AvgIpc) is 2.59. The number of hydrogen-bond acceptors (Lipinski definition) is 3. The minimum atomic E-state index is -0.214. The summed E-state index contributed by atoms with van der Waals surface area (Å²) in [5, 5.41) is 4.06. The van der Waals surface area contributed by atoms with E-state index in [0.29, 0.717) is 11.3 Å². The maximum absolute atomic E-state index is 11.7. The molecule has 0 saturated heterocycles. The third-order valence-corrected chi connectivity index (χ3v) is 2.42. The third-order valence-electron chi connectivity index (χ3n) is 2.42. The van der Waals surface area contributed by atoms with Crippen molar-refractivity contribution in [2.24, 2.45) is 5.10 Å². The maximum Gasteiger partial charge on any atom is 0.274 e. The molecule has 1 aromatic heterocycles. The lowest BCUT2D eigenvalue weighted by Gasteiger charge is -2.01. The quantitative estimate of drug-likeness (QED) is 0.629. The molecule has 0 aromatic carbocycles. The van der Waals surface area contributed by atoms with Gasteiger partial charge in [-0.3, -0.25) is 4.79 Å². The van der Waals surface area contributed by atoms with Crippen molar-refractivity contribution in [1.82, 2.24) is 5.43 Å². The monoisotopic (exact) mass is 222 g/mol. The zero-order valence-electron chi connectivity index (χ0n) is 10.3. The minimum Gasteiger partial charge on any atom is -0.466 e. The molecule has 0 aliphatic carbocycles. The summed E-state index contributed by atoms with van der Waals surface area (Å²) in [5.41, 5.74) is 4.07. The topological polar surface area (TPSA) is 54.6 Å². The van der Waals surface area contributed by atoms with E-state index in [-0.39, 0.29) is 5.91 Å². The first-order valence-electron chi connectivity index (χ1n) is 5.51. The number of furan rings is 1. The van der Waals surface area contributed by atoms with Crippen molar-refractivity contribution in [3.63, 3.8) is 0 Å². The van der Waals surface area contributed by atoms with Gasteiger partial charge in [-0.1, -0.05) is 13.8 Å². The number of aryl methyl sites for hydroxylation is 2. The first-order chi connectivity index (χ1) is 7.58. The maximum atomic E-state index is 11.7. The van der Waals surface area contributed by atoms with Crippen LogP contribution < -0.4 is 5.43 Å². The van der Waals surface area contributed by atoms with E-state index in [1.165, 1.54) is 0 Å². The van der Waals surface area contributed by atoms with Crippen molar-refractivity contribution in [1.29, 1.82) is 0 Å². The van der Waals surface area contributed by atoms with E-state index in [4.69, 9.17) is 4.42 Å². The molecule has 0 radical (unpaired) electrons. The normalized spacial score (nSPS) is 10.0. The van der Waals surface area contributed by atoms with Crippen molar-refractivity contribution >= 4 is 11.6 Å². The van der Waals surface area contributed by atoms with Crippen LogP contribution in [-0.4, -0.2) is 11.6 Å². The van der Waals surface area contributed by atoms with Crippen molar-refractivity contribution in [3.05, 3.63) is 23.2 Å². The first kappa shape index (κ1) is 12.5. The Bertz CT molecular complexity index is 399. The smallest absolute Gasteiger partial charge is 0.274 e.